The molecule has 0 aliphatic heterocycles. The van der Waals surface area contributed by atoms with Gasteiger partial charge in [0.2, 0.25) is 5.95 Å². The molecule has 0 bridgehead atoms. The number of benzene rings is 1. The minimum absolute atomic E-state index is 0.281. The first-order valence-electron chi connectivity index (χ1n) is 6.08. The molecule has 0 unspecified atom stereocenters. The zero-order valence-corrected chi connectivity index (χ0v) is 12.3. The van der Waals surface area contributed by atoms with Crippen molar-refractivity contribution in [3.05, 3.63) is 40.5 Å². The van der Waals surface area contributed by atoms with Crippen LogP contribution in [0.2, 0.25) is 0 Å². The van der Waals surface area contributed by atoms with Gasteiger partial charge >= 0.3 is 0 Å². The maximum atomic E-state index is 13.1. The summed E-state index contributed by atoms with van der Waals surface area (Å²) in [6, 6.07) is 3.20. The van der Waals surface area contributed by atoms with E-state index >= 15 is 0 Å². The number of rotatable bonds is 5. The zero-order valence-electron chi connectivity index (χ0n) is 10.8. The van der Waals surface area contributed by atoms with Gasteiger partial charge in [0.1, 0.15) is 17.5 Å². The lowest BCUT2D eigenvalue weighted by atomic mass is 10.3. The van der Waals surface area contributed by atoms with E-state index in [0.29, 0.717) is 16.2 Å². The lowest BCUT2D eigenvalue weighted by Gasteiger charge is -2.10. The third-order valence-corrected chi connectivity index (χ3v) is 2.98. The Bertz CT molecular complexity index is 587. The molecule has 0 aliphatic rings. The maximum Gasteiger partial charge on any atom is 0.224 e. The predicted octanol–water partition coefficient (Wildman–Crippen LogP) is 4.08. The van der Waals surface area contributed by atoms with Crippen molar-refractivity contribution >= 4 is 33.4 Å². The molecule has 0 saturated carbocycles. The lowest BCUT2D eigenvalue weighted by Crippen LogP contribution is -2.06. The SMILES string of the molecule is CCCNc1ncc(Br)c(Nc2cc(F)cc(F)c2)n1. The Kier molecular flexibility index (Phi) is 4.84. The molecule has 2 N–H and O–H groups in total. The van der Waals surface area contributed by atoms with E-state index < -0.39 is 11.6 Å². The van der Waals surface area contributed by atoms with Gasteiger partial charge in [-0.3, -0.25) is 0 Å². The second-order valence-corrected chi connectivity index (χ2v) is 4.95. The van der Waals surface area contributed by atoms with Gasteiger partial charge in [-0.15, -0.1) is 0 Å². The summed E-state index contributed by atoms with van der Waals surface area (Å²) < 4.78 is 26.9. The fourth-order valence-corrected chi connectivity index (χ4v) is 1.83. The van der Waals surface area contributed by atoms with Crippen LogP contribution in [-0.2, 0) is 0 Å². The highest BCUT2D eigenvalue weighted by Crippen LogP contribution is 2.25. The zero-order chi connectivity index (χ0) is 14.5. The Balaban J connectivity index is 2.23. The number of hydrogen-bond donors (Lipinski definition) is 2. The summed E-state index contributed by atoms with van der Waals surface area (Å²) in [5, 5.41) is 5.89. The van der Waals surface area contributed by atoms with Crippen LogP contribution in [0.1, 0.15) is 13.3 Å². The first kappa shape index (κ1) is 14.6. The number of halogens is 3. The van der Waals surface area contributed by atoms with E-state index in [0.717, 1.165) is 19.0 Å². The van der Waals surface area contributed by atoms with E-state index in [1.165, 1.54) is 12.1 Å². The molecule has 0 saturated heterocycles. The summed E-state index contributed by atoms with van der Waals surface area (Å²) in [5.74, 6) is -0.415. The molecule has 2 rings (SSSR count). The Morgan fingerprint density at radius 2 is 1.90 bits per heavy atom. The molecule has 20 heavy (non-hydrogen) atoms. The minimum Gasteiger partial charge on any atom is -0.354 e. The van der Waals surface area contributed by atoms with Crippen molar-refractivity contribution < 1.29 is 8.78 Å². The standard InChI is InChI=1S/C13H13BrF2N4/c1-2-3-17-13-18-7-11(14)12(20-13)19-10-5-8(15)4-9(16)6-10/h4-7H,2-3H2,1H3,(H2,17,18,19,20). The topological polar surface area (TPSA) is 49.8 Å². The van der Waals surface area contributed by atoms with Crippen molar-refractivity contribution in [2.24, 2.45) is 0 Å². The Morgan fingerprint density at radius 3 is 2.55 bits per heavy atom. The number of nitrogens with zero attached hydrogens (tertiary/aromatic N) is 2. The molecule has 2 aromatic rings. The second kappa shape index (κ2) is 6.60. The molecule has 106 valence electrons. The number of hydrogen-bond acceptors (Lipinski definition) is 4. The van der Waals surface area contributed by atoms with Gasteiger partial charge in [0, 0.05) is 24.5 Å². The van der Waals surface area contributed by atoms with Crippen molar-refractivity contribution in [1.82, 2.24) is 9.97 Å². The highest BCUT2D eigenvalue weighted by Gasteiger charge is 2.07. The van der Waals surface area contributed by atoms with E-state index in [1.54, 1.807) is 6.20 Å². The molecule has 0 atom stereocenters. The summed E-state index contributed by atoms with van der Waals surface area (Å²) in [6.07, 6.45) is 2.51. The van der Waals surface area contributed by atoms with Crippen molar-refractivity contribution in [3.8, 4) is 0 Å². The molecule has 1 heterocycles. The minimum atomic E-state index is -0.651. The lowest BCUT2D eigenvalue weighted by molar-refractivity contribution is 0.584. The van der Waals surface area contributed by atoms with Crippen LogP contribution in [0.5, 0.6) is 0 Å². The van der Waals surface area contributed by atoms with Crippen LogP contribution >= 0.6 is 15.9 Å². The van der Waals surface area contributed by atoms with Gasteiger partial charge < -0.3 is 10.6 Å². The first-order chi connectivity index (χ1) is 9.58. The van der Waals surface area contributed by atoms with E-state index in [-0.39, 0.29) is 5.69 Å². The average Bonchev–Trinajstić information content (AvgIpc) is 2.38. The third kappa shape index (κ3) is 3.86. The van der Waals surface area contributed by atoms with Crippen LogP contribution < -0.4 is 10.6 Å². The monoisotopic (exact) mass is 342 g/mol. The molecule has 0 fully saturated rings. The third-order valence-electron chi connectivity index (χ3n) is 2.40. The van der Waals surface area contributed by atoms with E-state index in [4.69, 9.17) is 0 Å². The normalized spacial score (nSPS) is 10.4. The van der Waals surface area contributed by atoms with Crippen LogP contribution in [0.15, 0.2) is 28.9 Å². The van der Waals surface area contributed by atoms with Gasteiger partial charge in [-0.2, -0.15) is 4.98 Å². The highest BCUT2D eigenvalue weighted by atomic mass is 79.9. The number of aromatic nitrogens is 2. The smallest absolute Gasteiger partial charge is 0.224 e. The predicted molar refractivity (Wildman–Crippen MR) is 78.2 cm³/mol. The van der Waals surface area contributed by atoms with Gasteiger partial charge in [-0.1, -0.05) is 6.92 Å². The Morgan fingerprint density at radius 1 is 1.20 bits per heavy atom. The van der Waals surface area contributed by atoms with E-state index in [1.807, 2.05) is 6.92 Å². The summed E-state index contributed by atoms with van der Waals surface area (Å²) >= 11 is 3.29. The van der Waals surface area contributed by atoms with Crippen LogP contribution in [0, 0.1) is 11.6 Å². The van der Waals surface area contributed by atoms with Crippen molar-refractivity contribution in [2.75, 3.05) is 17.2 Å². The van der Waals surface area contributed by atoms with Gasteiger partial charge in [0.15, 0.2) is 0 Å². The molecule has 7 heteroatoms. The highest BCUT2D eigenvalue weighted by molar-refractivity contribution is 9.10. The van der Waals surface area contributed by atoms with Gasteiger partial charge in [-0.05, 0) is 34.5 Å². The Labute approximate surface area is 123 Å². The summed E-state index contributed by atoms with van der Waals surface area (Å²) in [7, 11) is 0. The summed E-state index contributed by atoms with van der Waals surface area (Å²) in [4.78, 5) is 8.34. The summed E-state index contributed by atoms with van der Waals surface area (Å²) in [6.45, 7) is 2.77. The van der Waals surface area contributed by atoms with Gasteiger partial charge in [0.05, 0.1) is 4.47 Å². The van der Waals surface area contributed by atoms with E-state index in [2.05, 4.69) is 36.5 Å². The number of nitrogens with one attached hydrogen (secondary N) is 2. The second-order valence-electron chi connectivity index (χ2n) is 4.10. The molecule has 0 aliphatic carbocycles. The molecule has 0 spiro atoms. The molecular weight excluding hydrogens is 330 g/mol. The van der Waals surface area contributed by atoms with E-state index in [9.17, 15) is 8.78 Å². The fraction of sp³-hybridized carbons (Fsp3) is 0.231. The van der Waals surface area contributed by atoms with Crippen molar-refractivity contribution in [1.29, 1.82) is 0 Å². The molecule has 0 radical (unpaired) electrons. The van der Waals surface area contributed by atoms with Crippen LogP contribution in [0.3, 0.4) is 0 Å². The van der Waals surface area contributed by atoms with Crippen LogP contribution in [0.4, 0.5) is 26.2 Å². The molecular formula is C13H13BrF2N4. The number of anilines is 3. The average molecular weight is 343 g/mol. The molecule has 4 nitrogen and oxygen atoms in total. The molecule has 1 aromatic carbocycles. The molecule has 1 aromatic heterocycles. The maximum absolute atomic E-state index is 13.1. The quantitative estimate of drug-likeness (QED) is 0.859. The van der Waals surface area contributed by atoms with Crippen molar-refractivity contribution in [2.45, 2.75) is 13.3 Å². The van der Waals surface area contributed by atoms with Crippen LogP contribution in [0.25, 0.3) is 0 Å². The Hall–Kier alpha value is -1.76. The summed E-state index contributed by atoms with van der Waals surface area (Å²) in [5.41, 5.74) is 0.281. The van der Waals surface area contributed by atoms with Crippen LogP contribution in [-0.4, -0.2) is 16.5 Å². The van der Waals surface area contributed by atoms with Gasteiger partial charge in [0.25, 0.3) is 0 Å². The molecule has 0 amide bonds. The van der Waals surface area contributed by atoms with Gasteiger partial charge in [-0.25, -0.2) is 13.8 Å². The first-order valence-corrected chi connectivity index (χ1v) is 6.87. The fourth-order valence-electron chi connectivity index (χ4n) is 1.54. The van der Waals surface area contributed by atoms with Crippen molar-refractivity contribution in [3.63, 3.8) is 0 Å². The largest absolute Gasteiger partial charge is 0.354 e.